The Balaban J connectivity index is 1.62. The standard InChI is InChI=1S/C24H28N2OS2/c1-4-25-23(27)22(29-24(25)28)15-20-14-16(2)26(17(20)3)21-12-10-19(11-13-21)18-8-6-5-7-9-18/h10-15,18H,4-9H2,1-3H3/b22-15-. The Hall–Kier alpha value is -1.85. The lowest BCUT2D eigenvalue weighted by Gasteiger charge is -2.22. The van der Waals surface area contributed by atoms with E-state index in [1.54, 1.807) is 4.90 Å². The Kier molecular flexibility index (Phi) is 5.98. The van der Waals surface area contributed by atoms with Gasteiger partial charge in [0.15, 0.2) is 0 Å². The molecule has 2 heterocycles. The number of carbonyl (C=O) groups is 1. The molecule has 1 aliphatic carbocycles. The second-order valence-corrected chi connectivity index (χ2v) is 9.69. The molecule has 1 saturated carbocycles. The summed E-state index contributed by atoms with van der Waals surface area (Å²) in [6.07, 6.45) is 8.73. The van der Waals surface area contributed by atoms with Crippen LogP contribution < -0.4 is 0 Å². The van der Waals surface area contributed by atoms with Crippen LogP contribution in [0.3, 0.4) is 0 Å². The largest absolute Gasteiger partial charge is 0.318 e. The van der Waals surface area contributed by atoms with Gasteiger partial charge < -0.3 is 4.57 Å². The van der Waals surface area contributed by atoms with Crippen molar-refractivity contribution in [2.75, 3.05) is 6.54 Å². The van der Waals surface area contributed by atoms with Crippen LogP contribution in [0.5, 0.6) is 0 Å². The number of likely N-dealkylation sites (N-methyl/N-ethyl adjacent to an activating group) is 1. The number of hydrogen-bond acceptors (Lipinski definition) is 3. The molecule has 1 saturated heterocycles. The summed E-state index contributed by atoms with van der Waals surface area (Å²) < 4.78 is 2.92. The smallest absolute Gasteiger partial charge is 0.266 e. The molecule has 3 nitrogen and oxygen atoms in total. The Morgan fingerprint density at radius 3 is 2.45 bits per heavy atom. The second kappa shape index (κ2) is 8.49. The molecule has 0 unspecified atom stereocenters. The van der Waals surface area contributed by atoms with Crippen molar-refractivity contribution in [3.63, 3.8) is 0 Å². The Morgan fingerprint density at radius 1 is 1.14 bits per heavy atom. The highest BCUT2D eigenvalue weighted by Gasteiger charge is 2.31. The summed E-state index contributed by atoms with van der Waals surface area (Å²) in [4.78, 5) is 14.9. The average molecular weight is 425 g/mol. The molecular formula is C24H28N2OS2. The number of aryl methyl sites for hydroxylation is 1. The molecule has 2 aliphatic rings. The van der Waals surface area contributed by atoms with Crippen LogP contribution in [0.25, 0.3) is 11.8 Å². The normalized spacial score (nSPS) is 19.6. The molecular weight excluding hydrogens is 396 g/mol. The number of rotatable bonds is 4. The highest BCUT2D eigenvalue weighted by molar-refractivity contribution is 8.26. The van der Waals surface area contributed by atoms with Crippen LogP contribution >= 0.6 is 24.0 Å². The Bertz CT molecular complexity index is 966. The molecule has 4 rings (SSSR count). The summed E-state index contributed by atoms with van der Waals surface area (Å²) in [5.41, 5.74) is 6.05. The van der Waals surface area contributed by atoms with Crippen LogP contribution in [0.1, 0.15) is 67.5 Å². The van der Waals surface area contributed by atoms with Crippen molar-refractivity contribution in [2.45, 2.75) is 58.8 Å². The minimum atomic E-state index is 0.0177. The fourth-order valence-electron chi connectivity index (χ4n) is 4.58. The van der Waals surface area contributed by atoms with E-state index in [9.17, 15) is 4.79 Å². The van der Waals surface area contributed by atoms with E-state index in [1.807, 2.05) is 13.0 Å². The fraction of sp³-hybridized carbons (Fsp3) is 0.417. The monoisotopic (exact) mass is 424 g/mol. The number of carbonyl (C=O) groups excluding carboxylic acids is 1. The van der Waals surface area contributed by atoms with Crippen molar-refractivity contribution in [3.05, 3.63) is 57.8 Å². The number of hydrogen-bond donors (Lipinski definition) is 0. The van der Waals surface area contributed by atoms with E-state index < -0.39 is 0 Å². The zero-order valence-corrected chi connectivity index (χ0v) is 19.0. The van der Waals surface area contributed by atoms with Gasteiger partial charge in [0, 0.05) is 23.6 Å². The first-order chi connectivity index (χ1) is 14.0. The first kappa shape index (κ1) is 20.4. The van der Waals surface area contributed by atoms with Crippen molar-refractivity contribution in [2.24, 2.45) is 0 Å². The summed E-state index contributed by atoms with van der Waals surface area (Å²) in [5, 5.41) is 0. The van der Waals surface area contributed by atoms with E-state index in [2.05, 4.69) is 48.7 Å². The highest BCUT2D eigenvalue weighted by atomic mass is 32.2. The lowest BCUT2D eigenvalue weighted by atomic mass is 9.84. The number of nitrogens with zero attached hydrogens (tertiary/aromatic N) is 2. The second-order valence-electron chi connectivity index (χ2n) is 8.01. The first-order valence-corrected chi connectivity index (χ1v) is 11.8. The van der Waals surface area contributed by atoms with Gasteiger partial charge in [-0.1, -0.05) is 55.4 Å². The minimum Gasteiger partial charge on any atom is -0.318 e. The molecule has 1 aliphatic heterocycles. The predicted molar refractivity (Wildman–Crippen MR) is 127 cm³/mol. The van der Waals surface area contributed by atoms with Gasteiger partial charge in [0.1, 0.15) is 4.32 Å². The van der Waals surface area contributed by atoms with E-state index in [1.165, 1.54) is 60.8 Å². The molecule has 152 valence electrons. The van der Waals surface area contributed by atoms with Gasteiger partial charge in [-0.25, -0.2) is 0 Å². The lowest BCUT2D eigenvalue weighted by molar-refractivity contribution is -0.121. The molecule has 1 amide bonds. The third-order valence-electron chi connectivity index (χ3n) is 6.17. The Labute approximate surface area is 183 Å². The van der Waals surface area contributed by atoms with Crippen molar-refractivity contribution in [1.29, 1.82) is 0 Å². The van der Waals surface area contributed by atoms with Gasteiger partial charge in [-0.05, 0) is 74.9 Å². The van der Waals surface area contributed by atoms with Crippen LogP contribution in [0.15, 0.2) is 35.2 Å². The molecule has 29 heavy (non-hydrogen) atoms. The van der Waals surface area contributed by atoms with Crippen LogP contribution in [-0.4, -0.2) is 26.2 Å². The molecule has 0 N–H and O–H groups in total. The molecule has 1 aromatic carbocycles. The average Bonchev–Trinajstić information content (AvgIpc) is 3.17. The summed E-state index contributed by atoms with van der Waals surface area (Å²) in [6, 6.07) is 11.2. The van der Waals surface area contributed by atoms with Gasteiger partial charge in [-0.3, -0.25) is 9.69 Å². The van der Waals surface area contributed by atoms with E-state index in [4.69, 9.17) is 12.2 Å². The van der Waals surface area contributed by atoms with Crippen LogP contribution in [0, 0.1) is 13.8 Å². The van der Waals surface area contributed by atoms with Crippen molar-refractivity contribution in [3.8, 4) is 5.69 Å². The van der Waals surface area contributed by atoms with E-state index >= 15 is 0 Å². The van der Waals surface area contributed by atoms with E-state index in [0.717, 1.165) is 17.2 Å². The molecule has 0 radical (unpaired) electrons. The fourth-order valence-corrected chi connectivity index (χ4v) is 5.95. The van der Waals surface area contributed by atoms with Crippen LogP contribution in [0.2, 0.25) is 0 Å². The number of amides is 1. The first-order valence-electron chi connectivity index (χ1n) is 10.5. The van der Waals surface area contributed by atoms with Gasteiger partial charge in [0.2, 0.25) is 0 Å². The third-order valence-corrected chi connectivity index (χ3v) is 7.55. The molecule has 2 fully saturated rings. The van der Waals surface area contributed by atoms with Gasteiger partial charge >= 0.3 is 0 Å². The van der Waals surface area contributed by atoms with E-state index in [0.29, 0.717) is 15.8 Å². The number of thiocarbonyl (C=S) groups is 1. The highest BCUT2D eigenvalue weighted by Crippen LogP contribution is 2.35. The summed E-state index contributed by atoms with van der Waals surface area (Å²) in [7, 11) is 0. The van der Waals surface area contributed by atoms with Crippen molar-refractivity contribution in [1.82, 2.24) is 9.47 Å². The predicted octanol–water partition coefficient (Wildman–Crippen LogP) is 6.36. The van der Waals surface area contributed by atoms with Crippen molar-refractivity contribution >= 4 is 40.3 Å². The molecule has 0 bridgehead atoms. The van der Waals surface area contributed by atoms with Gasteiger partial charge in [-0.2, -0.15) is 0 Å². The summed E-state index contributed by atoms with van der Waals surface area (Å²) in [6.45, 7) is 6.82. The number of benzene rings is 1. The lowest BCUT2D eigenvalue weighted by Crippen LogP contribution is -2.27. The van der Waals surface area contributed by atoms with Crippen LogP contribution in [-0.2, 0) is 4.79 Å². The summed E-state index contributed by atoms with van der Waals surface area (Å²) >= 11 is 6.74. The van der Waals surface area contributed by atoms with Crippen molar-refractivity contribution < 1.29 is 4.79 Å². The molecule has 0 atom stereocenters. The Morgan fingerprint density at radius 2 is 1.83 bits per heavy atom. The summed E-state index contributed by atoms with van der Waals surface area (Å²) in [5.74, 6) is 0.741. The van der Waals surface area contributed by atoms with Gasteiger partial charge in [0.05, 0.1) is 4.91 Å². The molecule has 1 aromatic heterocycles. The molecule has 5 heteroatoms. The number of aromatic nitrogens is 1. The maximum absolute atomic E-state index is 12.6. The quantitative estimate of drug-likeness (QED) is 0.421. The maximum Gasteiger partial charge on any atom is 0.266 e. The zero-order chi connectivity index (χ0) is 20.5. The topological polar surface area (TPSA) is 25.2 Å². The van der Waals surface area contributed by atoms with Crippen LogP contribution in [0.4, 0.5) is 0 Å². The molecule has 2 aromatic rings. The molecule has 0 spiro atoms. The maximum atomic E-state index is 12.6. The van der Waals surface area contributed by atoms with Gasteiger partial charge in [0.25, 0.3) is 5.91 Å². The number of thioether (sulfide) groups is 1. The SMILES string of the molecule is CCN1C(=O)/C(=C/c2cc(C)n(-c3ccc(C4CCCCC4)cc3)c2C)SC1=S. The van der Waals surface area contributed by atoms with E-state index in [-0.39, 0.29) is 5.91 Å². The minimum absolute atomic E-state index is 0.0177. The zero-order valence-electron chi connectivity index (χ0n) is 17.4. The third kappa shape index (κ3) is 3.95. The van der Waals surface area contributed by atoms with Gasteiger partial charge in [-0.15, -0.1) is 0 Å².